The Morgan fingerprint density at radius 2 is 1.88 bits per heavy atom. The van der Waals surface area contributed by atoms with Gasteiger partial charge in [0.2, 0.25) is 11.8 Å². The SMILES string of the molecule is O=C1[C@@H]2[C@@H](CC(CO)=C3[C@@H](CC/C(=C/c4cccc(O)c4)c4ccccc4)OB(O)C[C@@H]32)C(=O)N1Cc1cccs1. The second kappa shape index (κ2) is 11.8. The molecule has 2 saturated heterocycles. The fourth-order valence-corrected chi connectivity index (χ4v) is 7.44. The Bertz CT molecular complexity index is 1490. The Morgan fingerprint density at radius 3 is 2.61 bits per heavy atom. The molecule has 2 aliphatic heterocycles. The van der Waals surface area contributed by atoms with Crippen molar-refractivity contribution in [1.82, 2.24) is 4.90 Å². The van der Waals surface area contributed by atoms with Crippen LogP contribution in [0.25, 0.3) is 11.6 Å². The molecule has 3 aliphatic rings. The van der Waals surface area contributed by atoms with E-state index in [0.29, 0.717) is 19.3 Å². The number of nitrogens with zero attached hydrogens (tertiary/aromatic N) is 1. The van der Waals surface area contributed by atoms with Gasteiger partial charge < -0.3 is 19.9 Å². The maximum atomic E-state index is 13.7. The maximum absolute atomic E-state index is 13.7. The van der Waals surface area contributed by atoms with Crippen LogP contribution in [0.1, 0.15) is 35.3 Å². The van der Waals surface area contributed by atoms with Gasteiger partial charge in [0.05, 0.1) is 31.1 Å². The van der Waals surface area contributed by atoms with E-state index in [2.05, 4.69) is 0 Å². The summed E-state index contributed by atoms with van der Waals surface area (Å²) < 4.78 is 6.08. The van der Waals surface area contributed by atoms with Gasteiger partial charge in [-0.1, -0.05) is 54.6 Å². The number of carbonyl (C=O) groups excluding carboxylic acids is 2. The predicted octanol–water partition coefficient (Wildman–Crippen LogP) is 4.76. The van der Waals surface area contributed by atoms with E-state index >= 15 is 0 Å². The Kier molecular flexibility index (Phi) is 7.95. The molecule has 7 nitrogen and oxygen atoms in total. The zero-order valence-corrected chi connectivity index (χ0v) is 23.4. The quantitative estimate of drug-likeness (QED) is 0.156. The predicted molar refractivity (Wildman–Crippen MR) is 158 cm³/mol. The number of likely N-dealkylation sites (tertiary alicyclic amines) is 1. The standard InChI is InChI=1S/C32H32BNO6S/c35-19-23-16-26-30(32(38)34(31(26)37)18-25-10-5-13-41-25)27-17-33(39)40-28(29(23)27)12-11-22(21-7-2-1-3-8-21)14-20-6-4-9-24(36)15-20/h1-10,13-15,26-28,30,35-36,39H,11-12,16-19H2/b22-14-/t26-,27+,28-,30-/m1/s1. The molecule has 210 valence electrons. The summed E-state index contributed by atoms with van der Waals surface area (Å²) in [6.07, 6.45) is 3.18. The number of carbonyl (C=O) groups is 2. The average molecular weight is 569 g/mol. The highest BCUT2D eigenvalue weighted by molar-refractivity contribution is 7.09. The summed E-state index contributed by atoms with van der Waals surface area (Å²) in [6, 6.07) is 20.8. The second-order valence-corrected chi connectivity index (χ2v) is 12.0. The van der Waals surface area contributed by atoms with Gasteiger partial charge in [0.15, 0.2) is 0 Å². The second-order valence-electron chi connectivity index (χ2n) is 11.0. The van der Waals surface area contributed by atoms with Gasteiger partial charge in [-0.2, -0.15) is 0 Å². The molecule has 41 heavy (non-hydrogen) atoms. The molecule has 0 bridgehead atoms. The fourth-order valence-electron chi connectivity index (χ4n) is 6.74. The molecule has 2 aromatic carbocycles. The maximum Gasteiger partial charge on any atom is 0.455 e. The van der Waals surface area contributed by atoms with Crippen molar-refractivity contribution < 1.29 is 29.5 Å². The van der Waals surface area contributed by atoms with Crippen molar-refractivity contribution in [2.45, 2.75) is 38.2 Å². The Morgan fingerprint density at radius 1 is 1.05 bits per heavy atom. The summed E-state index contributed by atoms with van der Waals surface area (Å²) in [7, 11) is -1.07. The van der Waals surface area contributed by atoms with Crippen molar-refractivity contribution in [3.63, 3.8) is 0 Å². The number of phenolic OH excluding ortho intramolecular Hbond substituents is 1. The van der Waals surface area contributed by atoms with Gasteiger partial charge in [0.25, 0.3) is 0 Å². The zero-order valence-electron chi connectivity index (χ0n) is 22.6. The number of allylic oxidation sites excluding steroid dienone is 1. The molecule has 2 amide bonds. The molecule has 3 aromatic rings. The minimum absolute atomic E-state index is 0.186. The van der Waals surface area contributed by atoms with Crippen molar-refractivity contribution in [1.29, 1.82) is 0 Å². The molecule has 0 spiro atoms. The van der Waals surface area contributed by atoms with Crippen molar-refractivity contribution in [2.75, 3.05) is 6.61 Å². The molecule has 2 fully saturated rings. The van der Waals surface area contributed by atoms with Crippen molar-refractivity contribution >= 4 is 41.9 Å². The van der Waals surface area contributed by atoms with Crippen LogP contribution in [0, 0.1) is 17.8 Å². The molecule has 1 aromatic heterocycles. The summed E-state index contributed by atoms with van der Waals surface area (Å²) in [5.41, 5.74) is 4.53. The first kappa shape index (κ1) is 27.7. The molecule has 3 N–H and O–H groups in total. The molecular weight excluding hydrogens is 537 g/mol. The van der Waals surface area contributed by atoms with E-state index in [4.69, 9.17) is 4.65 Å². The number of fused-ring (bicyclic) bond motifs is 3. The van der Waals surface area contributed by atoms with Gasteiger partial charge in [0.1, 0.15) is 5.75 Å². The number of hydrogen-bond acceptors (Lipinski definition) is 7. The van der Waals surface area contributed by atoms with E-state index in [1.54, 1.807) is 18.2 Å². The lowest BCUT2D eigenvalue weighted by atomic mass is 9.58. The molecule has 0 saturated carbocycles. The minimum Gasteiger partial charge on any atom is -0.508 e. The van der Waals surface area contributed by atoms with E-state index < -0.39 is 25.1 Å². The number of phenols is 1. The van der Waals surface area contributed by atoms with Crippen LogP contribution in [0.2, 0.25) is 6.32 Å². The summed E-state index contributed by atoms with van der Waals surface area (Å²) in [5, 5.41) is 33.1. The van der Waals surface area contributed by atoms with Gasteiger partial charge in [-0.3, -0.25) is 14.5 Å². The first-order chi connectivity index (χ1) is 19.9. The monoisotopic (exact) mass is 569 g/mol. The number of amides is 2. The summed E-state index contributed by atoms with van der Waals surface area (Å²) in [5.74, 6) is -1.68. The third-order valence-corrected chi connectivity index (χ3v) is 9.38. The first-order valence-corrected chi connectivity index (χ1v) is 14.9. The van der Waals surface area contributed by atoms with Crippen LogP contribution >= 0.6 is 11.3 Å². The fraction of sp³-hybridized carbons (Fsp3) is 0.312. The highest BCUT2D eigenvalue weighted by Gasteiger charge is 2.57. The average Bonchev–Trinajstić information content (AvgIpc) is 3.57. The highest BCUT2D eigenvalue weighted by atomic mass is 32.1. The molecule has 3 heterocycles. The van der Waals surface area contributed by atoms with Gasteiger partial charge in [-0.05, 0) is 82.9 Å². The lowest BCUT2D eigenvalue weighted by Crippen LogP contribution is -2.46. The number of imide groups is 1. The Balaban J connectivity index is 1.29. The number of hydrogen-bond donors (Lipinski definition) is 3. The summed E-state index contributed by atoms with van der Waals surface area (Å²) in [4.78, 5) is 29.4. The van der Waals surface area contributed by atoms with E-state index in [9.17, 15) is 24.8 Å². The normalized spacial score (nSPS) is 24.6. The molecule has 1 aliphatic carbocycles. The lowest BCUT2D eigenvalue weighted by Gasteiger charge is -2.43. The summed E-state index contributed by atoms with van der Waals surface area (Å²) in [6.45, 7) is 0.0314. The largest absolute Gasteiger partial charge is 0.508 e. The lowest BCUT2D eigenvalue weighted by molar-refractivity contribution is -0.140. The number of aliphatic hydroxyl groups excluding tert-OH is 1. The van der Waals surface area contributed by atoms with E-state index in [0.717, 1.165) is 32.7 Å². The molecule has 0 unspecified atom stereocenters. The van der Waals surface area contributed by atoms with E-state index in [1.165, 1.54) is 16.2 Å². The molecule has 0 radical (unpaired) electrons. The van der Waals surface area contributed by atoms with Crippen LogP contribution in [0.15, 0.2) is 83.3 Å². The minimum atomic E-state index is -1.07. The highest BCUT2D eigenvalue weighted by Crippen LogP contribution is 2.51. The number of benzene rings is 2. The van der Waals surface area contributed by atoms with Crippen LogP contribution in [0.3, 0.4) is 0 Å². The molecule has 4 atom stereocenters. The molecular formula is C32H32BNO6S. The van der Waals surface area contributed by atoms with Crippen molar-refractivity contribution in [2.24, 2.45) is 17.8 Å². The van der Waals surface area contributed by atoms with E-state index in [-0.39, 0.29) is 43.0 Å². The van der Waals surface area contributed by atoms with Crippen molar-refractivity contribution in [3.05, 3.63) is 99.3 Å². The Labute approximate surface area is 243 Å². The molecule has 9 heteroatoms. The van der Waals surface area contributed by atoms with Gasteiger partial charge >= 0.3 is 7.12 Å². The zero-order chi connectivity index (χ0) is 28.5. The number of thiophene rings is 1. The third kappa shape index (κ3) is 5.55. The van der Waals surface area contributed by atoms with Gasteiger partial charge in [-0.15, -0.1) is 11.3 Å². The first-order valence-electron chi connectivity index (χ1n) is 14.0. The van der Waals surface area contributed by atoms with Crippen molar-refractivity contribution in [3.8, 4) is 5.75 Å². The number of aliphatic hydroxyl groups is 1. The van der Waals surface area contributed by atoms with Crippen LogP contribution in [0.4, 0.5) is 0 Å². The van der Waals surface area contributed by atoms with Crippen LogP contribution in [-0.4, -0.2) is 51.8 Å². The van der Waals surface area contributed by atoms with Crippen LogP contribution in [0.5, 0.6) is 5.75 Å². The van der Waals surface area contributed by atoms with Crippen LogP contribution in [-0.2, 0) is 20.8 Å². The summed E-state index contributed by atoms with van der Waals surface area (Å²) >= 11 is 1.51. The van der Waals surface area contributed by atoms with Gasteiger partial charge in [-0.25, -0.2) is 0 Å². The van der Waals surface area contributed by atoms with E-state index in [1.807, 2.05) is 60.0 Å². The van der Waals surface area contributed by atoms with Crippen LogP contribution < -0.4 is 0 Å². The Hall–Kier alpha value is -3.50. The van der Waals surface area contributed by atoms with Gasteiger partial charge in [0, 0.05) is 4.88 Å². The smallest absolute Gasteiger partial charge is 0.455 e. The number of rotatable bonds is 8. The third-order valence-electron chi connectivity index (χ3n) is 8.52. The number of aromatic hydroxyl groups is 1. The molecule has 6 rings (SSSR count). The topological polar surface area (TPSA) is 107 Å².